The van der Waals surface area contributed by atoms with Crippen LogP contribution in [0.25, 0.3) is 0 Å². The van der Waals surface area contributed by atoms with Gasteiger partial charge in [0.15, 0.2) is 0 Å². The molecule has 2 N–H and O–H groups in total. The molecule has 9 nitrogen and oxygen atoms in total. The van der Waals surface area contributed by atoms with Crippen LogP contribution in [0, 0.1) is 5.82 Å². The van der Waals surface area contributed by atoms with Gasteiger partial charge >= 0.3 is 6.18 Å². The predicted octanol–water partition coefficient (Wildman–Crippen LogP) is 5.89. The first-order chi connectivity index (χ1) is 22.5. The van der Waals surface area contributed by atoms with Crippen LogP contribution in [0.3, 0.4) is 0 Å². The van der Waals surface area contributed by atoms with E-state index < -0.39 is 29.6 Å². The van der Waals surface area contributed by atoms with Crippen LogP contribution in [0.4, 0.5) is 17.6 Å². The van der Waals surface area contributed by atoms with Crippen molar-refractivity contribution in [2.24, 2.45) is 0 Å². The van der Waals surface area contributed by atoms with E-state index in [0.717, 1.165) is 77.2 Å². The van der Waals surface area contributed by atoms with Crippen LogP contribution in [0.1, 0.15) is 66.9 Å². The van der Waals surface area contributed by atoms with Crippen molar-refractivity contribution in [1.29, 1.82) is 0 Å². The number of piperidine rings is 1. The van der Waals surface area contributed by atoms with E-state index in [0.29, 0.717) is 18.6 Å². The van der Waals surface area contributed by atoms with E-state index in [4.69, 9.17) is 19.8 Å². The molecule has 1 amide bonds. The van der Waals surface area contributed by atoms with E-state index in [1.54, 1.807) is 19.2 Å². The fraction of sp³-hybridized carbons (Fsp3) is 0.559. The van der Waals surface area contributed by atoms with Gasteiger partial charge in [0.05, 0.1) is 5.56 Å². The summed E-state index contributed by atoms with van der Waals surface area (Å²) in [5.41, 5.74) is 0.0217. The molecule has 0 radical (unpaired) electrons. The van der Waals surface area contributed by atoms with Gasteiger partial charge in [-0.05, 0) is 68.2 Å². The van der Waals surface area contributed by atoms with E-state index in [-0.39, 0.29) is 21.8 Å². The maximum atomic E-state index is 13.7. The molecular formula is C34H45BrF4N4O5. The largest absolute Gasteiger partial charge is 0.481 e. The molecule has 0 aliphatic carbocycles. The van der Waals surface area contributed by atoms with Gasteiger partial charge < -0.3 is 20.0 Å². The minimum atomic E-state index is -4.55. The van der Waals surface area contributed by atoms with Gasteiger partial charge in [-0.3, -0.25) is 24.2 Å². The number of carbonyl (C=O) groups excluding carboxylic acids is 1. The van der Waals surface area contributed by atoms with Gasteiger partial charge in [0, 0.05) is 88.2 Å². The van der Waals surface area contributed by atoms with Crippen molar-refractivity contribution >= 4 is 33.8 Å². The maximum Gasteiger partial charge on any atom is 0.416 e. The molecule has 266 valence electrons. The summed E-state index contributed by atoms with van der Waals surface area (Å²) in [6.45, 7) is 10.1. The number of carbonyl (C=O) groups is 3. The molecule has 3 aliphatic heterocycles. The Hall–Kier alpha value is -3.07. The zero-order valence-corrected chi connectivity index (χ0v) is 29.1. The molecule has 14 heteroatoms. The highest BCUT2D eigenvalue weighted by atomic mass is 79.9. The van der Waals surface area contributed by atoms with Gasteiger partial charge in [-0.15, -0.1) is 0 Å². The summed E-state index contributed by atoms with van der Waals surface area (Å²) in [7, 11) is 1.61. The maximum absolute atomic E-state index is 13.7. The smallest absolute Gasteiger partial charge is 0.416 e. The molecule has 0 spiro atoms. The number of benzene rings is 2. The summed E-state index contributed by atoms with van der Waals surface area (Å²) >= 11 is 3.11. The van der Waals surface area contributed by atoms with Crippen LogP contribution in [0.2, 0.25) is 0 Å². The summed E-state index contributed by atoms with van der Waals surface area (Å²) in [6, 6.07) is 10.9. The van der Waals surface area contributed by atoms with E-state index in [1.165, 1.54) is 48.9 Å². The van der Waals surface area contributed by atoms with E-state index in [2.05, 4.69) is 30.6 Å². The van der Waals surface area contributed by atoms with Crippen LogP contribution >= 0.6 is 15.9 Å². The molecular weight excluding hydrogens is 700 g/mol. The zero-order chi connectivity index (χ0) is 35.6. The molecule has 3 saturated heterocycles. The number of likely N-dealkylation sites (tertiary alicyclic amines) is 1. The van der Waals surface area contributed by atoms with Gasteiger partial charge in [0.1, 0.15) is 5.82 Å². The number of amides is 1. The number of hydrogen-bond acceptors (Lipinski definition) is 6. The Morgan fingerprint density at radius 3 is 2.12 bits per heavy atom. The summed E-state index contributed by atoms with van der Waals surface area (Å²) in [5, 5.41) is 14.8. The zero-order valence-electron chi connectivity index (χ0n) is 27.6. The van der Waals surface area contributed by atoms with Crippen LogP contribution in [-0.2, 0) is 15.8 Å². The number of carboxylic acid groups (broad SMARTS) is 2. The number of fused-ring (bicyclic) bond motifs is 1. The van der Waals surface area contributed by atoms with Crippen molar-refractivity contribution < 1.29 is 42.2 Å². The van der Waals surface area contributed by atoms with E-state index >= 15 is 0 Å². The third kappa shape index (κ3) is 12.4. The molecule has 3 heterocycles. The Kier molecular flexibility index (Phi) is 14.8. The predicted molar refractivity (Wildman–Crippen MR) is 177 cm³/mol. The number of likely N-dealkylation sites (N-methyl/N-ethyl adjacent to an activating group) is 1. The molecule has 2 aromatic carbocycles. The van der Waals surface area contributed by atoms with Gasteiger partial charge in [0.25, 0.3) is 17.8 Å². The SMILES string of the molecule is CC(=O)O.CC(=O)O.CN(C[C@@H](CCN1CC(N2CCN3CCCCC3C2)C1)c1ccc(F)cc1)C(=O)c1cc(Br)cc(C(F)(F)F)c1. The van der Waals surface area contributed by atoms with E-state index in [1.807, 2.05) is 0 Å². The lowest BCUT2D eigenvalue weighted by atomic mass is 9.93. The molecule has 0 bridgehead atoms. The third-order valence-corrected chi connectivity index (χ3v) is 9.23. The van der Waals surface area contributed by atoms with Crippen LogP contribution < -0.4 is 0 Å². The average Bonchev–Trinajstić information content (AvgIpc) is 2.98. The number of aliphatic carboxylic acids is 2. The minimum Gasteiger partial charge on any atom is -0.481 e. The summed E-state index contributed by atoms with van der Waals surface area (Å²) in [6.07, 6.45) is 0.168. The second-order valence-corrected chi connectivity index (χ2v) is 13.5. The van der Waals surface area contributed by atoms with Crippen molar-refractivity contribution in [1.82, 2.24) is 19.6 Å². The number of rotatable bonds is 8. The van der Waals surface area contributed by atoms with E-state index in [9.17, 15) is 22.4 Å². The Labute approximate surface area is 287 Å². The fourth-order valence-electron chi connectivity index (χ4n) is 6.42. The van der Waals surface area contributed by atoms with Crippen molar-refractivity contribution in [3.8, 4) is 0 Å². The Bertz CT molecular complexity index is 1350. The molecule has 3 fully saturated rings. The Balaban J connectivity index is 0.000000705. The molecule has 2 atom stereocenters. The first kappa shape index (κ1) is 39.4. The highest BCUT2D eigenvalue weighted by Crippen LogP contribution is 2.33. The molecule has 0 saturated carbocycles. The molecule has 1 unspecified atom stereocenters. The lowest BCUT2D eigenvalue weighted by Gasteiger charge is -2.51. The van der Waals surface area contributed by atoms with Crippen molar-refractivity contribution in [3.63, 3.8) is 0 Å². The highest BCUT2D eigenvalue weighted by Gasteiger charge is 2.37. The Morgan fingerprint density at radius 2 is 1.52 bits per heavy atom. The number of hydrogen-bond donors (Lipinski definition) is 2. The average molecular weight is 746 g/mol. The molecule has 3 aliphatic rings. The number of carboxylic acids is 2. The van der Waals surface area contributed by atoms with Crippen LogP contribution in [0.15, 0.2) is 46.9 Å². The van der Waals surface area contributed by atoms with Crippen LogP contribution in [-0.4, -0.2) is 119 Å². The van der Waals surface area contributed by atoms with Crippen molar-refractivity contribution in [3.05, 3.63) is 69.4 Å². The van der Waals surface area contributed by atoms with Crippen LogP contribution in [0.5, 0.6) is 0 Å². The molecule has 48 heavy (non-hydrogen) atoms. The fourth-order valence-corrected chi connectivity index (χ4v) is 6.91. The number of piperazine rings is 1. The second kappa shape index (κ2) is 18.1. The number of nitrogens with zero attached hydrogens (tertiary/aromatic N) is 4. The topological polar surface area (TPSA) is 105 Å². The Morgan fingerprint density at radius 1 is 0.917 bits per heavy atom. The van der Waals surface area contributed by atoms with Gasteiger partial charge in [-0.1, -0.05) is 34.5 Å². The van der Waals surface area contributed by atoms with Gasteiger partial charge in [0.2, 0.25) is 0 Å². The number of halogens is 5. The quantitative estimate of drug-likeness (QED) is 0.323. The van der Waals surface area contributed by atoms with Crippen molar-refractivity contribution in [2.75, 3.05) is 59.4 Å². The lowest BCUT2D eigenvalue weighted by molar-refractivity contribution is -0.138. The summed E-state index contributed by atoms with van der Waals surface area (Å²) in [5.74, 6) is -2.55. The lowest BCUT2D eigenvalue weighted by Crippen LogP contribution is -2.65. The second-order valence-electron chi connectivity index (χ2n) is 12.6. The molecule has 2 aromatic rings. The monoisotopic (exact) mass is 744 g/mol. The van der Waals surface area contributed by atoms with Gasteiger partial charge in [-0.2, -0.15) is 13.2 Å². The normalized spacial score (nSPS) is 19.4. The first-order valence-corrected chi connectivity index (χ1v) is 16.8. The summed E-state index contributed by atoms with van der Waals surface area (Å²) in [4.78, 5) is 40.4. The standard InChI is InChI=1S/C30H37BrF4N4O.2C2H4O2/c1-36(29(40)23-14-24(30(33,34)35)16-25(31)15-23)17-22(21-5-7-26(32)8-6-21)9-11-37-18-28(19-37)39-13-12-38-10-3-2-4-27(38)20-39;2*1-2(3)4/h5-8,14-16,22,27-28H,2-4,9-13,17-20H2,1H3;2*1H3,(H,3,4)/t22-,27?;;/m1../s1. The minimum absolute atomic E-state index is 0.0225. The first-order valence-electron chi connectivity index (χ1n) is 16.0. The summed E-state index contributed by atoms with van der Waals surface area (Å²) < 4.78 is 53.8. The molecule has 5 rings (SSSR count). The van der Waals surface area contributed by atoms with Crippen molar-refractivity contribution in [2.45, 2.75) is 63.7 Å². The van der Waals surface area contributed by atoms with Gasteiger partial charge in [-0.25, -0.2) is 4.39 Å². The third-order valence-electron chi connectivity index (χ3n) is 8.77. The number of alkyl halides is 3. The molecule has 0 aromatic heterocycles. The highest BCUT2D eigenvalue weighted by molar-refractivity contribution is 9.10.